The Hall–Kier alpha value is -1.92. The van der Waals surface area contributed by atoms with Crippen LogP contribution >= 0.6 is 11.3 Å². The fourth-order valence-corrected chi connectivity index (χ4v) is 2.91. The summed E-state index contributed by atoms with van der Waals surface area (Å²) in [4.78, 5) is 18.5. The van der Waals surface area contributed by atoms with Gasteiger partial charge in [0.05, 0.1) is 16.8 Å². The Morgan fingerprint density at radius 2 is 2.33 bits per heavy atom. The van der Waals surface area contributed by atoms with Gasteiger partial charge in [-0.25, -0.2) is 4.98 Å². The standard InChI is InChI=1S/C15H17N3O2S/c16-11-5-6-18(7-11)15(19)13-3-1-2-4-14(13)20-8-12-9-21-10-17-12/h1-4,9-11H,5-8,16H2/t11-/m0/s1. The van der Waals surface area contributed by atoms with Crippen LogP contribution in [-0.4, -0.2) is 34.9 Å². The number of aromatic nitrogens is 1. The van der Waals surface area contributed by atoms with E-state index in [1.54, 1.807) is 16.5 Å². The van der Waals surface area contributed by atoms with E-state index in [1.165, 1.54) is 11.3 Å². The molecule has 21 heavy (non-hydrogen) atoms. The molecular weight excluding hydrogens is 286 g/mol. The van der Waals surface area contributed by atoms with Crippen molar-refractivity contribution in [3.63, 3.8) is 0 Å². The molecule has 2 aromatic rings. The molecule has 1 amide bonds. The molecule has 0 unspecified atom stereocenters. The molecule has 0 aliphatic carbocycles. The zero-order chi connectivity index (χ0) is 14.7. The lowest BCUT2D eigenvalue weighted by Crippen LogP contribution is -2.32. The normalized spacial score (nSPS) is 18.0. The summed E-state index contributed by atoms with van der Waals surface area (Å²) < 4.78 is 5.75. The van der Waals surface area contributed by atoms with E-state index in [-0.39, 0.29) is 11.9 Å². The molecular formula is C15H17N3O2S. The topological polar surface area (TPSA) is 68.5 Å². The van der Waals surface area contributed by atoms with Crippen LogP contribution in [0.5, 0.6) is 5.75 Å². The Labute approximate surface area is 127 Å². The minimum Gasteiger partial charge on any atom is -0.486 e. The van der Waals surface area contributed by atoms with Crippen molar-refractivity contribution in [2.45, 2.75) is 19.1 Å². The van der Waals surface area contributed by atoms with Crippen molar-refractivity contribution in [1.29, 1.82) is 0 Å². The SMILES string of the molecule is N[C@H]1CCN(C(=O)c2ccccc2OCc2cscn2)C1. The number of likely N-dealkylation sites (tertiary alicyclic amines) is 1. The number of carbonyl (C=O) groups is 1. The smallest absolute Gasteiger partial charge is 0.257 e. The van der Waals surface area contributed by atoms with Crippen LogP contribution in [0.3, 0.4) is 0 Å². The molecule has 3 rings (SSSR count). The maximum Gasteiger partial charge on any atom is 0.257 e. The van der Waals surface area contributed by atoms with Gasteiger partial charge in [0.25, 0.3) is 5.91 Å². The van der Waals surface area contributed by atoms with Gasteiger partial charge in [-0.2, -0.15) is 0 Å². The van der Waals surface area contributed by atoms with Gasteiger partial charge in [0.15, 0.2) is 0 Å². The molecule has 110 valence electrons. The molecule has 1 saturated heterocycles. The quantitative estimate of drug-likeness (QED) is 0.936. The highest BCUT2D eigenvalue weighted by molar-refractivity contribution is 7.07. The summed E-state index contributed by atoms with van der Waals surface area (Å²) in [6.45, 7) is 1.69. The van der Waals surface area contributed by atoms with E-state index in [0.717, 1.165) is 12.1 Å². The minimum absolute atomic E-state index is 0.0168. The maximum absolute atomic E-state index is 12.6. The van der Waals surface area contributed by atoms with Crippen molar-refractivity contribution in [3.8, 4) is 5.75 Å². The number of amides is 1. The van der Waals surface area contributed by atoms with Gasteiger partial charge in [-0.15, -0.1) is 11.3 Å². The van der Waals surface area contributed by atoms with E-state index in [2.05, 4.69) is 4.98 Å². The zero-order valence-corrected chi connectivity index (χ0v) is 12.4. The van der Waals surface area contributed by atoms with Crippen LogP contribution in [0.2, 0.25) is 0 Å². The van der Waals surface area contributed by atoms with Gasteiger partial charge < -0.3 is 15.4 Å². The monoisotopic (exact) mass is 303 g/mol. The number of hydrogen-bond acceptors (Lipinski definition) is 5. The Morgan fingerprint density at radius 3 is 3.05 bits per heavy atom. The summed E-state index contributed by atoms with van der Waals surface area (Å²) in [7, 11) is 0. The van der Waals surface area contributed by atoms with Crippen LogP contribution in [0.1, 0.15) is 22.5 Å². The molecule has 1 fully saturated rings. The number of ether oxygens (including phenoxy) is 1. The van der Waals surface area contributed by atoms with E-state index < -0.39 is 0 Å². The molecule has 0 spiro atoms. The Balaban J connectivity index is 1.74. The minimum atomic E-state index is -0.0168. The summed E-state index contributed by atoms with van der Waals surface area (Å²) in [5.41, 5.74) is 9.09. The lowest BCUT2D eigenvalue weighted by atomic mass is 10.1. The number of thiazole rings is 1. The summed E-state index contributed by atoms with van der Waals surface area (Å²) in [5.74, 6) is 0.577. The molecule has 1 aromatic heterocycles. The van der Waals surface area contributed by atoms with E-state index in [0.29, 0.717) is 31.0 Å². The van der Waals surface area contributed by atoms with E-state index in [1.807, 2.05) is 23.6 Å². The van der Waals surface area contributed by atoms with Crippen molar-refractivity contribution in [3.05, 3.63) is 46.4 Å². The first-order chi connectivity index (χ1) is 10.2. The second-order valence-corrected chi connectivity index (χ2v) is 5.78. The van der Waals surface area contributed by atoms with Crippen molar-refractivity contribution in [2.24, 2.45) is 5.73 Å². The molecule has 0 saturated carbocycles. The number of benzene rings is 1. The number of nitrogens with zero attached hydrogens (tertiary/aromatic N) is 2. The average molecular weight is 303 g/mol. The van der Waals surface area contributed by atoms with Gasteiger partial charge in [-0.05, 0) is 18.6 Å². The summed E-state index contributed by atoms with van der Waals surface area (Å²) >= 11 is 1.53. The second-order valence-electron chi connectivity index (χ2n) is 5.06. The molecule has 5 nitrogen and oxygen atoms in total. The van der Waals surface area contributed by atoms with E-state index in [4.69, 9.17) is 10.5 Å². The molecule has 1 aromatic carbocycles. The Kier molecular flexibility index (Phi) is 4.17. The van der Waals surface area contributed by atoms with Crippen molar-refractivity contribution >= 4 is 17.2 Å². The van der Waals surface area contributed by atoms with Crippen LogP contribution < -0.4 is 10.5 Å². The van der Waals surface area contributed by atoms with Crippen molar-refractivity contribution < 1.29 is 9.53 Å². The van der Waals surface area contributed by atoms with Gasteiger partial charge in [0, 0.05) is 24.5 Å². The van der Waals surface area contributed by atoms with Gasteiger partial charge in [-0.3, -0.25) is 4.79 Å². The lowest BCUT2D eigenvalue weighted by Gasteiger charge is -2.18. The second kappa shape index (κ2) is 6.24. The number of carbonyl (C=O) groups excluding carboxylic acids is 1. The molecule has 0 radical (unpaired) electrons. The van der Waals surface area contributed by atoms with Crippen LogP contribution in [0.25, 0.3) is 0 Å². The summed E-state index contributed by atoms with van der Waals surface area (Å²) in [6, 6.07) is 7.40. The van der Waals surface area contributed by atoms with E-state index in [9.17, 15) is 4.79 Å². The fraction of sp³-hybridized carbons (Fsp3) is 0.333. The largest absolute Gasteiger partial charge is 0.486 e. The number of hydrogen-bond donors (Lipinski definition) is 1. The van der Waals surface area contributed by atoms with Gasteiger partial charge in [-0.1, -0.05) is 12.1 Å². The van der Waals surface area contributed by atoms with Crippen LogP contribution in [-0.2, 0) is 6.61 Å². The molecule has 6 heteroatoms. The predicted octanol–water partition coefficient (Wildman–Crippen LogP) is 1.90. The highest BCUT2D eigenvalue weighted by Gasteiger charge is 2.26. The number of para-hydroxylation sites is 1. The van der Waals surface area contributed by atoms with Gasteiger partial charge >= 0.3 is 0 Å². The first-order valence-corrected chi connectivity index (χ1v) is 7.82. The molecule has 0 bridgehead atoms. The third kappa shape index (κ3) is 3.22. The zero-order valence-electron chi connectivity index (χ0n) is 11.6. The highest BCUT2D eigenvalue weighted by Crippen LogP contribution is 2.23. The summed E-state index contributed by atoms with van der Waals surface area (Å²) in [5, 5.41) is 1.93. The third-order valence-corrected chi connectivity index (χ3v) is 4.12. The molecule has 1 aliphatic heterocycles. The first-order valence-electron chi connectivity index (χ1n) is 6.88. The van der Waals surface area contributed by atoms with Crippen LogP contribution in [0.4, 0.5) is 0 Å². The molecule has 1 aliphatic rings. The lowest BCUT2D eigenvalue weighted by molar-refractivity contribution is 0.0786. The predicted molar refractivity (Wildman–Crippen MR) is 81.4 cm³/mol. The Bertz CT molecular complexity index is 615. The maximum atomic E-state index is 12.6. The van der Waals surface area contributed by atoms with Crippen LogP contribution in [0, 0.1) is 0 Å². The van der Waals surface area contributed by atoms with Gasteiger partial charge in [0.2, 0.25) is 0 Å². The first kappa shape index (κ1) is 14.0. The highest BCUT2D eigenvalue weighted by atomic mass is 32.1. The summed E-state index contributed by atoms with van der Waals surface area (Å²) in [6.07, 6.45) is 0.855. The van der Waals surface area contributed by atoms with Gasteiger partial charge in [0.1, 0.15) is 12.4 Å². The number of rotatable bonds is 4. The molecule has 2 heterocycles. The fourth-order valence-electron chi connectivity index (χ4n) is 2.37. The third-order valence-electron chi connectivity index (χ3n) is 3.49. The number of nitrogens with two attached hydrogens (primary N) is 1. The average Bonchev–Trinajstić information content (AvgIpc) is 3.16. The van der Waals surface area contributed by atoms with Crippen molar-refractivity contribution in [1.82, 2.24) is 9.88 Å². The van der Waals surface area contributed by atoms with E-state index >= 15 is 0 Å². The Morgan fingerprint density at radius 1 is 1.48 bits per heavy atom. The van der Waals surface area contributed by atoms with Crippen molar-refractivity contribution in [2.75, 3.05) is 13.1 Å². The van der Waals surface area contributed by atoms with Crippen LogP contribution in [0.15, 0.2) is 35.2 Å². The molecule has 1 atom stereocenters. The molecule has 2 N–H and O–H groups in total.